The number of rotatable bonds is 1. The number of thioether (sulfide) groups is 1. The van der Waals surface area contributed by atoms with E-state index in [0.29, 0.717) is 0 Å². The third-order valence-electron chi connectivity index (χ3n) is 1.74. The van der Waals surface area contributed by atoms with Crippen LogP contribution in [0.3, 0.4) is 0 Å². The van der Waals surface area contributed by atoms with E-state index in [9.17, 15) is 0 Å². The van der Waals surface area contributed by atoms with Crippen LogP contribution in [0.5, 0.6) is 0 Å². The molecule has 12 heavy (non-hydrogen) atoms. The van der Waals surface area contributed by atoms with Crippen molar-refractivity contribution in [2.45, 2.75) is 0 Å². The highest BCUT2D eigenvalue weighted by Gasteiger charge is 1.98. The maximum atomic E-state index is 2.22. The van der Waals surface area contributed by atoms with Crippen LogP contribution in [0.2, 0.25) is 0 Å². The summed E-state index contributed by atoms with van der Waals surface area (Å²) in [6.07, 6.45) is 6.59. The number of benzene rings is 1. The maximum absolute atomic E-state index is 2.22. The maximum Gasteiger partial charge on any atom is 0.0164 e. The standard InChI is InChI=1S/C11H10S/c1-2-5-10(6-3-1)9-11-7-4-8-12-11/h1-7,9H,8H2. The van der Waals surface area contributed by atoms with E-state index in [2.05, 4.69) is 42.5 Å². The molecule has 1 aliphatic rings. The van der Waals surface area contributed by atoms with Crippen molar-refractivity contribution in [3.63, 3.8) is 0 Å². The van der Waals surface area contributed by atoms with Crippen molar-refractivity contribution in [3.05, 3.63) is 53.0 Å². The SMILES string of the molecule is C1=CC(=Cc2ccccc2)SC1. The molecule has 0 aliphatic carbocycles. The van der Waals surface area contributed by atoms with Gasteiger partial charge in [0.2, 0.25) is 0 Å². The molecule has 0 aromatic heterocycles. The lowest BCUT2D eigenvalue weighted by Crippen LogP contribution is -1.70. The normalized spacial score (nSPS) is 18.8. The Balaban J connectivity index is 2.22. The molecule has 1 heterocycles. The lowest BCUT2D eigenvalue weighted by Gasteiger charge is -1.94. The van der Waals surface area contributed by atoms with E-state index >= 15 is 0 Å². The van der Waals surface area contributed by atoms with E-state index in [4.69, 9.17) is 0 Å². The lowest BCUT2D eigenvalue weighted by molar-refractivity contribution is 1.66. The van der Waals surface area contributed by atoms with Crippen LogP contribution in [0.15, 0.2) is 47.4 Å². The van der Waals surface area contributed by atoms with Crippen molar-refractivity contribution < 1.29 is 0 Å². The van der Waals surface area contributed by atoms with Crippen LogP contribution in [-0.2, 0) is 0 Å². The molecule has 1 heteroatoms. The van der Waals surface area contributed by atoms with Gasteiger partial charge in [-0.25, -0.2) is 0 Å². The molecule has 0 amide bonds. The van der Waals surface area contributed by atoms with E-state index in [-0.39, 0.29) is 0 Å². The first-order valence-electron chi connectivity index (χ1n) is 4.01. The van der Waals surface area contributed by atoms with Crippen LogP contribution < -0.4 is 0 Å². The summed E-state index contributed by atoms with van der Waals surface area (Å²) >= 11 is 1.89. The van der Waals surface area contributed by atoms with Crippen molar-refractivity contribution in [1.82, 2.24) is 0 Å². The quantitative estimate of drug-likeness (QED) is 0.629. The van der Waals surface area contributed by atoms with Gasteiger partial charge in [-0.1, -0.05) is 42.5 Å². The molecule has 0 unspecified atom stereocenters. The van der Waals surface area contributed by atoms with Gasteiger partial charge >= 0.3 is 0 Å². The number of hydrogen-bond acceptors (Lipinski definition) is 1. The van der Waals surface area contributed by atoms with Crippen molar-refractivity contribution in [1.29, 1.82) is 0 Å². The summed E-state index contributed by atoms with van der Waals surface area (Å²) in [6, 6.07) is 10.4. The zero-order valence-electron chi connectivity index (χ0n) is 6.73. The van der Waals surface area contributed by atoms with Gasteiger partial charge in [-0.3, -0.25) is 0 Å². The van der Waals surface area contributed by atoms with Gasteiger partial charge in [0.05, 0.1) is 0 Å². The van der Waals surface area contributed by atoms with Gasteiger partial charge in [0.25, 0.3) is 0 Å². The largest absolute Gasteiger partial charge is 0.122 e. The zero-order valence-corrected chi connectivity index (χ0v) is 7.55. The predicted octanol–water partition coefficient (Wildman–Crippen LogP) is 3.33. The fourth-order valence-corrected chi connectivity index (χ4v) is 1.96. The van der Waals surface area contributed by atoms with Crippen molar-refractivity contribution in [2.24, 2.45) is 0 Å². The molecular formula is C11H10S. The van der Waals surface area contributed by atoms with Gasteiger partial charge in [-0.15, -0.1) is 11.8 Å². The summed E-state index contributed by atoms with van der Waals surface area (Å²) in [5.74, 6) is 1.12. The van der Waals surface area contributed by atoms with E-state index in [1.165, 1.54) is 10.5 Å². The van der Waals surface area contributed by atoms with Gasteiger partial charge < -0.3 is 0 Å². The molecule has 0 nitrogen and oxygen atoms in total. The average Bonchev–Trinajstić information content (AvgIpc) is 2.59. The van der Waals surface area contributed by atoms with E-state index < -0.39 is 0 Å². The molecule has 0 atom stereocenters. The smallest absolute Gasteiger partial charge is 0.0164 e. The highest BCUT2D eigenvalue weighted by molar-refractivity contribution is 8.03. The summed E-state index contributed by atoms with van der Waals surface area (Å²) in [5.41, 5.74) is 1.28. The topological polar surface area (TPSA) is 0 Å². The summed E-state index contributed by atoms with van der Waals surface area (Å²) in [7, 11) is 0. The molecular weight excluding hydrogens is 164 g/mol. The molecule has 0 saturated carbocycles. The molecule has 0 fully saturated rings. The molecule has 0 saturated heterocycles. The first-order chi connectivity index (χ1) is 5.95. The van der Waals surface area contributed by atoms with Crippen molar-refractivity contribution >= 4 is 17.8 Å². The molecule has 0 N–H and O–H groups in total. The van der Waals surface area contributed by atoms with Crippen LogP contribution in [-0.4, -0.2) is 5.75 Å². The second-order valence-electron chi connectivity index (χ2n) is 2.67. The van der Waals surface area contributed by atoms with E-state index in [1.54, 1.807) is 0 Å². The highest BCUT2D eigenvalue weighted by atomic mass is 32.2. The summed E-state index contributed by atoms with van der Waals surface area (Å²) in [4.78, 5) is 1.36. The predicted molar refractivity (Wildman–Crippen MR) is 56.0 cm³/mol. The number of hydrogen-bond donors (Lipinski definition) is 0. The second-order valence-corrected chi connectivity index (χ2v) is 3.76. The summed E-state index contributed by atoms with van der Waals surface area (Å²) < 4.78 is 0. The molecule has 1 aliphatic heterocycles. The lowest BCUT2D eigenvalue weighted by atomic mass is 10.2. The Bertz CT molecular complexity index is 309. The van der Waals surface area contributed by atoms with Crippen LogP contribution in [0.1, 0.15) is 5.56 Å². The van der Waals surface area contributed by atoms with Gasteiger partial charge in [0.15, 0.2) is 0 Å². The molecule has 0 spiro atoms. The Hall–Kier alpha value is -0.950. The fourth-order valence-electron chi connectivity index (χ4n) is 1.16. The Morgan fingerprint density at radius 3 is 2.67 bits per heavy atom. The first-order valence-corrected chi connectivity index (χ1v) is 5.00. The molecule has 2 rings (SSSR count). The van der Waals surface area contributed by atoms with Gasteiger partial charge in [0.1, 0.15) is 0 Å². The minimum Gasteiger partial charge on any atom is -0.122 e. The Morgan fingerprint density at radius 2 is 2.00 bits per heavy atom. The molecule has 60 valence electrons. The minimum atomic E-state index is 1.12. The second kappa shape index (κ2) is 3.63. The Kier molecular flexibility index (Phi) is 2.33. The number of allylic oxidation sites excluding steroid dienone is 1. The van der Waals surface area contributed by atoms with E-state index in [1.807, 2.05) is 17.8 Å². The molecule has 0 bridgehead atoms. The summed E-state index contributed by atoms with van der Waals surface area (Å²) in [5, 5.41) is 0. The first kappa shape index (κ1) is 7.69. The van der Waals surface area contributed by atoms with Crippen molar-refractivity contribution in [2.75, 3.05) is 5.75 Å². The van der Waals surface area contributed by atoms with Crippen LogP contribution in [0, 0.1) is 0 Å². The molecule has 1 aromatic rings. The van der Waals surface area contributed by atoms with Crippen LogP contribution in [0.25, 0.3) is 6.08 Å². The van der Waals surface area contributed by atoms with Crippen LogP contribution in [0.4, 0.5) is 0 Å². The van der Waals surface area contributed by atoms with Gasteiger partial charge in [0, 0.05) is 10.7 Å². The summed E-state index contributed by atoms with van der Waals surface area (Å²) in [6.45, 7) is 0. The third kappa shape index (κ3) is 1.80. The molecule has 0 radical (unpaired) electrons. The van der Waals surface area contributed by atoms with Crippen LogP contribution >= 0.6 is 11.8 Å². The van der Waals surface area contributed by atoms with Gasteiger partial charge in [-0.05, 0) is 11.6 Å². The average molecular weight is 174 g/mol. The monoisotopic (exact) mass is 174 g/mol. The van der Waals surface area contributed by atoms with Gasteiger partial charge in [-0.2, -0.15) is 0 Å². The molecule has 1 aromatic carbocycles. The Labute approximate surface area is 77.0 Å². The highest BCUT2D eigenvalue weighted by Crippen LogP contribution is 2.25. The Morgan fingerprint density at radius 1 is 1.17 bits per heavy atom. The zero-order chi connectivity index (χ0) is 8.23. The third-order valence-corrected chi connectivity index (χ3v) is 2.68. The van der Waals surface area contributed by atoms with E-state index in [0.717, 1.165) is 5.75 Å². The fraction of sp³-hybridized carbons (Fsp3) is 0.0909. The minimum absolute atomic E-state index is 1.12. The van der Waals surface area contributed by atoms with Crippen molar-refractivity contribution in [3.8, 4) is 0 Å².